The van der Waals surface area contributed by atoms with Gasteiger partial charge in [-0.1, -0.05) is 41.9 Å². The van der Waals surface area contributed by atoms with Gasteiger partial charge in [-0.05, 0) is 29.8 Å². The second-order valence-electron chi connectivity index (χ2n) is 6.89. The van der Waals surface area contributed by atoms with Gasteiger partial charge in [0.2, 0.25) is 5.78 Å². The molecule has 1 amide bonds. The Morgan fingerprint density at radius 3 is 2.73 bits per heavy atom. The van der Waals surface area contributed by atoms with Crippen LogP contribution in [0.2, 0.25) is 5.02 Å². The summed E-state index contributed by atoms with van der Waals surface area (Å²) < 4.78 is 3.65. The van der Waals surface area contributed by atoms with Crippen molar-refractivity contribution in [3.8, 4) is 0 Å². The van der Waals surface area contributed by atoms with Crippen LogP contribution in [0, 0.1) is 0 Å². The van der Waals surface area contributed by atoms with Crippen molar-refractivity contribution in [2.24, 2.45) is 0 Å². The van der Waals surface area contributed by atoms with Crippen LogP contribution in [0.25, 0.3) is 16.7 Å². The van der Waals surface area contributed by atoms with E-state index in [-0.39, 0.29) is 5.91 Å². The van der Waals surface area contributed by atoms with Crippen molar-refractivity contribution in [3.63, 3.8) is 0 Å². The van der Waals surface area contributed by atoms with Crippen LogP contribution >= 0.6 is 11.6 Å². The maximum absolute atomic E-state index is 12.9. The van der Waals surface area contributed by atoms with Crippen molar-refractivity contribution < 1.29 is 4.79 Å². The number of carbonyl (C=O) groups excluding carboxylic acids is 1. The molecule has 0 fully saturated rings. The van der Waals surface area contributed by atoms with Gasteiger partial charge in [0, 0.05) is 29.0 Å². The first-order valence-corrected chi connectivity index (χ1v) is 9.82. The van der Waals surface area contributed by atoms with Gasteiger partial charge in [0.05, 0.1) is 24.3 Å². The quantitative estimate of drug-likeness (QED) is 0.473. The lowest BCUT2D eigenvalue weighted by Gasteiger charge is -2.04. The number of halogens is 1. The number of carbonyl (C=O) groups is 1. The van der Waals surface area contributed by atoms with E-state index in [4.69, 9.17) is 11.6 Å². The minimum absolute atomic E-state index is 0.244. The molecule has 0 saturated heterocycles. The van der Waals surface area contributed by atoms with E-state index < -0.39 is 0 Å². The highest BCUT2D eigenvalue weighted by Crippen LogP contribution is 2.20. The molecule has 0 bridgehead atoms. The van der Waals surface area contributed by atoms with Crippen LogP contribution in [0.1, 0.15) is 21.7 Å². The molecule has 2 aromatic carbocycles. The number of hydrogen-bond acceptors (Lipinski definition) is 4. The molecule has 0 aliphatic heterocycles. The Morgan fingerprint density at radius 2 is 1.90 bits per heavy atom. The fraction of sp³-hybridized carbons (Fsp3) is 0.0909. The molecule has 5 aromatic rings. The summed E-state index contributed by atoms with van der Waals surface area (Å²) in [6, 6.07) is 17.1. The lowest BCUT2D eigenvalue weighted by Crippen LogP contribution is -2.24. The molecular formula is C22H17ClN6O. The number of fused-ring (bicyclic) bond motifs is 2. The van der Waals surface area contributed by atoms with E-state index in [1.54, 1.807) is 6.20 Å². The lowest BCUT2D eigenvalue weighted by molar-refractivity contribution is 0.0946. The number of hydrogen-bond donors (Lipinski definition) is 1. The van der Waals surface area contributed by atoms with E-state index in [1.165, 1.54) is 0 Å². The topological polar surface area (TPSA) is 77.1 Å². The Morgan fingerprint density at radius 1 is 1.07 bits per heavy atom. The number of nitrogens with one attached hydrogen (secondary N) is 1. The summed E-state index contributed by atoms with van der Waals surface area (Å²) in [5.41, 5.74) is 3.07. The predicted octanol–water partition coefficient (Wildman–Crippen LogP) is 3.71. The molecule has 8 heteroatoms. The molecule has 148 valence electrons. The van der Waals surface area contributed by atoms with Gasteiger partial charge in [0.15, 0.2) is 5.69 Å². The average molecular weight is 417 g/mol. The molecule has 0 saturated carbocycles. The fourth-order valence-corrected chi connectivity index (χ4v) is 3.52. The van der Waals surface area contributed by atoms with E-state index >= 15 is 0 Å². The third-order valence-corrected chi connectivity index (χ3v) is 5.09. The Hall–Kier alpha value is -3.71. The van der Waals surface area contributed by atoms with Crippen molar-refractivity contribution >= 4 is 34.2 Å². The Balaban J connectivity index is 1.40. The number of amides is 1. The predicted molar refractivity (Wildman–Crippen MR) is 114 cm³/mol. The van der Waals surface area contributed by atoms with Crippen molar-refractivity contribution in [1.82, 2.24) is 29.5 Å². The largest absolute Gasteiger partial charge is 0.345 e. The first-order valence-electron chi connectivity index (χ1n) is 9.44. The van der Waals surface area contributed by atoms with Gasteiger partial charge >= 0.3 is 0 Å². The zero-order valence-electron chi connectivity index (χ0n) is 15.9. The molecule has 0 aliphatic carbocycles. The van der Waals surface area contributed by atoms with E-state index in [0.29, 0.717) is 29.6 Å². The number of aromatic nitrogens is 5. The lowest BCUT2D eigenvalue weighted by atomic mass is 10.2. The summed E-state index contributed by atoms with van der Waals surface area (Å²) in [4.78, 5) is 21.5. The van der Waals surface area contributed by atoms with E-state index in [2.05, 4.69) is 20.4 Å². The number of nitrogens with zero attached hydrogens (tertiary/aromatic N) is 5. The zero-order chi connectivity index (χ0) is 20.5. The van der Waals surface area contributed by atoms with Crippen molar-refractivity contribution in [1.29, 1.82) is 0 Å². The van der Waals surface area contributed by atoms with Crippen molar-refractivity contribution in [3.05, 3.63) is 95.2 Å². The van der Waals surface area contributed by atoms with Gasteiger partial charge in [0.25, 0.3) is 5.91 Å². The van der Waals surface area contributed by atoms with Crippen LogP contribution in [-0.4, -0.2) is 30.1 Å². The van der Waals surface area contributed by atoms with Gasteiger partial charge < -0.3 is 5.32 Å². The summed E-state index contributed by atoms with van der Waals surface area (Å²) in [5.74, 6) is 0.352. The number of rotatable bonds is 5. The average Bonchev–Trinajstić information content (AvgIpc) is 3.35. The molecule has 0 radical (unpaired) electrons. The molecule has 7 nitrogen and oxygen atoms in total. The van der Waals surface area contributed by atoms with Gasteiger partial charge in [-0.15, -0.1) is 0 Å². The molecule has 5 rings (SSSR count). The molecule has 3 aromatic heterocycles. The summed E-state index contributed by atoms with van der Waals surface area (Å²) in [7, 11) is 0. The summed E-state index contributed by atoms with van der Waals surface area (Å²) in [6.07, 6.45) is 5.40. The molecule has 0 unspecified atom stereocenters. The first-order chi connectivity index (χ1) is 14.7. The number of benzene rings is 2. The van der Waals surface area contributed by atoms with Gasteiger partial charge in [-0.2, -0.15) is 5.10 Å². The maximum Gasteiger partial charge on any atom is 0.272 e. The minimum Gasteiger partial charge on any atom is -0.345 e. The monoisotopic (exact) mass is 416 g/mol. The van der Waals surface area contributed by atoms with Crippen LogP contribution in [0.4, 0.5) is 0 Å². The fourth-order valence-electron chi connectivity index (χ4n) is 3.40. The van der Waals surface area contributed by atoms with E-state index in [9.17, 15) is 4.79 Å². The third-order valence-electron chi connectivity index (χ3n) is 4.83. The number of para-hydroxylation sites is 1. The number of imidazole rings is 1. The zero-order valence-corrected chi connectivity index (χ0v) is 16.6. The molecule has 1 N–H and O–H groups in total. The molecule has 0 aliphatic rings. The van der Waals surface area contributed by atoms with Gasteiger partial charge in [0.1, 0.15) is 0 Å². The second-order valence-corrected chi connectivity index (χ2v) is 7.33. The molecule has 3 heterocycles. The van der Waals surface area contributed by atoms with Crippen LogP contribution in [0.5, 0.6) is 0 Å². The van der Waals surface area contributed by atoms with Gasteiger partial charge in [-0.25, -0.2) is 9.97 Å². The third kappa shape index (κ3) is 3.51. The van der Waals surface area contributed by atoms with E-state index in [1.807, 2.05) is 76.1 Å². The van der Waals surface area contributed by atoms with Crippen LogP contribution in [0.3, 0.4) is 0 Å². The van der Waals surface area contributed by atoms with Crippen molar-refractivity contribution in [2.75, 3.05) is 0 Å². The normalized spacial score (nSPS) is 11.2. The Kier molecular flexibility index (Phi) is 4.65. The summed E-state index contributed by atoms with van der Waals surface area (Å²) >= 11 is 5.98. The highest BCUT2D eigenvalue weighted by atomic mass is 35.5. The summed E-state index contributed by atoms with van der Waals surface area (Å²) in [5, 5.41) is 9.01. The molecule has 30 heavy (non-hydrogen) atoms. The second kappa shape index (κ2) is 7.61. The Bertz CT molecular complexity index is 1320. The first kappa shape index (κ1) is 18.3. The molecule has 0 atom stereocenters. The maximum atomic E-state index is 12.9. The van der Waals surface area contributed by atoms with Crippen LogP contribution in [-0.2, 0) is 13.1 Å². The van der Waals surface area contributed by atoms with Gasteiger partial charge in [-0.3, -0.25) is 13.9 Å². The van der Waals surface area contributed by atoms with Crippen molar-refractivity contribution in [2.45, 2.75) is 13.1 Å². The standard InChI is InChI=1S/C22H17ClN6O/c23-16-8-6-15(7-9-16)13-29-19-5-2-1-4-18(19)20(27-29)21(30)25-12-17-14-28-11-3-10-24-22(28)26-17/h1-11,14H,12-13H2,(H,25,30). The van der Waals surface area contributed by atoms with Crippen LogP contribution in [0.15, 0.2) is 73.2 Å². The smallest absolute Gasteiger partial charge is 0.272 e. The molecule has 0 spiro atoms. The van der Waals surface area contributed by atoms with E-state index in [0.717, 1.165) is 22.2 Å². The SMILES string of the molecule is O=C(NCc1cn2cccnc2n1)c1nn(Cc2ccc(Cl)cc2)c2ccccc12. The minimum atomic E-state index is -0.244. The highest BCUT2D eigenvalue weighted by Gasteiger charge is 2.17. The Labute approximate surface area is 177 Å². The molecular weight excluding hydrogens is 400 g/mol. The van der Waals surface area contributed by atoms with Crippen LogP contribution < -0.4 is 5.32 Å². The summed E-state index contributed by atoms with van der Waals surface area (Å²) in [6.45, 7) is 0.837. The highest BCUT2D eigenvalue weighted by molar-refractivity contribution is 6.30.